The van der Waals surface area contributed by atoms with E-state index in [0.29, 0.717) is 47.1 Å². The van der Waals surface area contributed by atoms with Gasteiger partial charge in [0.1, 0.15) is 18.5 Å². The molecule has 0 amide bonds. The first kappa shape index (κ1) is 23.5. The van der Waals surface area contributed by atoms with E-state index in [4.69, 9.17) is 20.4 Å². The largest absolute Gasteiger partial charge is 0.481 e. The van der Waals surface area contributed by atoms with E-state index < -0.39 is 12.7 Å². The molecule has 2 heterocycles. The number of aromatic nitrogens is 3. The molecule has 0 fully saturated rings. The van der Waals surface area contributed by atoms with Crippen molar-refractivity contribution < 1.29 is 24.2 Å². The Labute approximate surface area is 196 Å². The summed E-state index contributed by atoms with van der Waals surface area (Å²) in [6, 6.07) is 9.94. The van der Waals surface area contributed by atoms with Crippen molar-refractivity contribution in [3.8, 4) is 17.1 Å². The molecule has 0 saturated carbocycles. The number of oxime groups is 1. The van der Waals surface area contributed by atoms with Crippen molar-refractivity contribution in [2.75, 3.05) is 26.1 Å². The Kier molecular flexibility index (Phi) is 6.99. The molecule has 4 N–H and O–H groups in total. The third-order valence-corrected chi connectivity index (χ3v) is 5.67. The van der Waals surface area contributed by atoms with Gasteiger partial charge in [-0.3, -0.25) is 0 Å². The number of methoxy groups -OCH3 is 1. The maximum Gasteiger partial charge on any atom is 0.220 e. The fraction of sp³-hybridized carbons (Fsp3) is 0.333. The number of aryl methyl sites for hydroxylation is 1. The van der Waals surface area contributed by atoms with E-state index in [2.05, 4.69) is 20.1 Å². The molecule has 2 aromatic heterocycles. The Hall–Kier alpha value is -3.63. The maximum absolute atomic E-state index is 14.3. The predicted octanol–water partition coefficient (Wildman–Crippen LogP) is 2.38. The van der Waals surface area contributed by atoms with Crippen molar-refractivity contribution >= 4 is 11.7 Å². The highest BCUT2D eigenvalue weighted by Gasteiger charge is 2.31. The molecule has 0 saturated heterocycles. The molecule has 1 unspecified atom stereocenters. The summed E-state index contributed by atoms with van der Waals surface area (Å²) < 4.78 is 19.5. The van der Waals surface area contributed by atoms with E-state index in [1.165, 1.54) is 19.2 Å². The van der Waals surface area contributed by atoms with E-state index in [0.717, 1.165) is 11.1 Å². The molecule has 3 aromatic rings. The second kappa shape index (κ2) is 10.1. The molecule has 0 spiro atoms. The average molecular weight is 468 g/mol. The van der Waals surface area contributed by atoms with Crippen LogP contribution < -0.4 is 10.5 Å². The van der Waals surface area contributed by atoms with Crippen molar-refractivity contribution in [1.82, 2.24) is 15.0 Å². The number of benzene rings is 1. The molecule has 1 aromatic carbocycles. The van der Waals surface area contributed by atoms with Crippen LogP contribution in [-0.4, -0.2) is 57.3 Å². The van der Waals surface area contributed by atoms with Crippen molar-refractivity contribution in [3.05, 3.63) is 64.7 Å². The Morgan fingerprint density at radius 2 is 2.03 bits per heavy atom. The Balaban J connectivity index is 1.77. The molecule has 0 bridgehead atoms. The number of aliphatic hydroxyl groups is 2. The third kappa shape index (κ3) is 4.97. The van der Waals surface area contributed by atoms with E-state index in [1.54, 1.807) is 24.3 Å². The fourth-order valence-electron chi connectivity index (χ4n) is 4.16. The van der Waals surface area contributed by atoms with E-state index >= 15 is 0 Å². The topological polar surface area (TPSA) is 136 Å². The molecule has 34 heavy (non-hydrogen) atoms. The van der Waals surface area contributed by atoms with Crippen LogP contribution in [0.25, 0.3) is 11.3 Å². The van der Waals surface area contributed by atoms with Gasteiger partial charge >= 0.3 is 0 Å². The second-order valence-corrected chi connectivity index (χ2v) is 8.06. The van der Waals surface area contributed by atoms with Crippen molar-refractivity contribution in [2.24, 2.45) is 5.16 Å². The average Bonchev–Trinajstić information content (AvgIpc) is 2.83. The van der Waals surface area contributed by atoms with Gasteiger partial charge in [-0.2, -0.15) is 0 Å². The standard InChI is InChI=1S/C24H26FN5O4/c1-13-23-20(29-24(26)27-13)8-14(9-21(23)30-34-12-16(32)11-31)17-7-6-15(25)10-18(17)19-4-3-5-22(28-19)33-2/h3-7,10,14,16,31-32H,8-9,11-12H2,1-2H3,(H2,26,27,29)/b30-21+/t14?,16-/m1/s1. The van der Waals surface area contributed by atoms with Gasteiger partial charge in [0.15, 0.2) is 0 Å². The lowest BCUT2D eigenvalue weighted by Crippen LogP contribution is -2.25. The number of nitrogens with zero attached hydrogens (tertiary/aromatic N) is 4. The molecule has 4 rings (SSSR count). The number of nitrogens with two attached hydrogens (primary N) is 1. The summed E-state index contributed by atoms with van der Waals surface area (Å²) in [7, 11) is 1.53. The first-order valence-corrected chi connectivity index (χ1v) is 10.8. The number of ether oxygens (including phenoxy) is 1. The molecule has 2 atom stereocenters. The van der Waals surface area contributed by atoms with E-state index in [-0.39, 0.29) is 24.3 Å². The number of hydrogen-bond acceptors (Lipinski definition) is 9. The van der Waals surface area contributed by atoms with Crippen LogP contribution in [0.4, 0.5) is 10.3 Å². The lowest BCUT2D eigenvalue weighted by molar-refractivity contribution is 0.00812. The third-order valence-electron chi connectivity index (χ3n) is 5.67. The normalized spacial score (nSPS) is 17.3. The SMILES string of the molecule is COc1cccc(-c2cc(F)ccc2C2C/C(=N\OC[C@H](O)CO)c3c(C)nc(N)nc3C2)n1. The highest BCUT2D eigenvalue weighted by molar-refractivity contribution is 6.03. The van der Waals surface area contributed by atoms with Gasteiger partial charge < -0.3 is 25.5 Å². The summed E-state index contributed by atoms with van der Waals surface area (Å²) in [6.45, 7) is 1.22. The highest BCUT2D eigenvalue weighted by atomic mass is 19.1. The van der Waals surface area contributed by atoms with Crippen LogP contribution in [0.3, 0.4) is 0 Å². The van der Waals surface area contributed by atoms with Crippen molar-refractivity contribution in [1.29, 1.82) is 0 Å². The Morgan fingerprint density at radius 3 is 2.79 bits per heavy atom. The zero-order valence-electron chi connectivity index (χ0n) is 18.9. The van der Waals surface area contributed by atoms with E-state index in [9.17, 15) is 9.50 Å². The minimum atomic E-state index is -1.05. The van der Waals surface area contributed by atoms with Gasteiger partial charge in [-0.05, 0) is 43.0 Å². The number of hydrogen-bond donors (Lipinski definition) is 3. The summed E-state index contributed by atoms with van der Waals surface area (Å²) in [5.41, 5.74) is 10.7. The number of aliphatic hydroxyl groups excluding tert-OH is 2. The van der Waals surface area contributed by atoms with Crippen molar-refractivity contribution in [3.63, 3.8) is 0 Å². The van der Waals surface area contributed by atoms with Crippen LogP contribution in [0.5, 0.6) is 5.88 Å². The molecular weight excluding hydrogens is 441 g/mol. The summed E-state index contributed by atoms with van der Waals surface area (Å²) >= 11 is 0. The highest BCUT2D eigenvalue weighted by Crippen LogP contribution is 2.38. The van der Waals surface area contributed by atoms with Crippen LogP contribution >= 0.6 is 0 Å². The van der Waals surface area contributed by atoms with Gasteiger partial charge in [0, 0.05) is 23.6 Å². The smallest absolute Gasteiger partial charge is 0.220 e. The second-order valence-electron chi connectivity index (χ2n) is 8.06. The molecule has 1 aliphatic rings. The zero-order valence-corrected chi connectivity index (χ0v) is 18.9. The fourth-order valence-corrected chi connectivity index (χ4v) is 4.16. The molecule has 178 valence electrons. The van der Waals surface area contributed by atoms with Gasteiger partial charge in [-0.1, -0.05) is 17.3 Å². The van der Waals surface area contributed by atoms with Crippen LogP contribution in [0.1, 0.15) is 34.9 Å². The van der Waals surface area contributed by atoms with Gasteiger partial charge in [0.2, 0.25) is 11.8 Å². The molecule has 9 nitrogen and oxygen atoms in total. The predicted molar refractivity (Wildman–Crippen MR) is 124 cm³/mol. The summed E-state index contributed by atoms with van der Waals surface area (Å²) in [5, 5.41) is 22.9. The first-order chi connectivity index (χ1) is 16.4. The van der Waals surface area contributed by atoms with Crippen LogP contribution in [0, 0.1) is 12.7 Å². The number of nitrogen functional groups attached to an aromatic ring is 1. The van der Waals surface area contributed by atoms with Gasteiger partial charge in [0.05, 0.1) is 36.5 Å². The minimum absolute atomic E-state index is 0.130. The van der Waals surface area contributed by atoms with Crippen LogP contribution in [0.15, 0.2) is 41.6 Å². The minimum Gasteiger partial charge on any atom is -0.481 e. The molecule has 1 aliphatic carbocycles. The zero-order chi connectivity index (χ0) is 24.2. The van der Waals surface area contributed by atoms with E-state index in [1.807, 2.05) is 6.92 Å². The van der Waals surface area contributed by atoms with Gasteiger partial charge in [-0.15, -0.1) is 0 Å². The summed E-state index contributed by atoms with van der Waals surface area (Å²) in [5.74, 6) is 0.0738. The van der Waals surface area contributed by atoms with Gasteiger partial charge in [-0.25, -0.2) is 19.3 Å². The number of pyridine rings is 1. The Bertz CT molecular complexity index is 1220. The number of halogens is 1. The number of rotatable bonds is 7. The lowest BCUT2D eigenvalue weighted by atomic mass is 9.79. The van der Waals surface area contributed by atoms with Crippen LogP contribution in [-0.2, 0) is 11.3 Å². The van der Waals surface area contributed by atoms with Gasteiger partial charge in [0.25, 0.3) is 0 Å². The molecule has 0 aliphatic heterocycles. The number of anilines is 1. The Morgan fingerprint density at radius 1 is 1.21 bits per heavy atom. The first-order valence-electron chi connectivity index (χ1n) is 10.8. The van der Waals surface area contributed by atoms with Crippen LogP contribution in [0.2, 0.25) is 0 Å². The number of fused-ring (bicyclic) bond motifs is 1. The quantitative estimate of drug-likeness (QED) is 0.451. The molecule has 0 radical (unpaired) electrons. The summed E-state index contributed by atoms with van der Waals surface area (Å²) in [6.07, 6.45) is -0.0577. The maximum atomic E-state index is 14.3. The van der Waals surface area contributed by atoms with Crippen molar-refractivity contribution in [2.45, 2.75) is 31.8 Å². The monoisotopic (exact) mass is 467 g/mol. The summed E-state index contributed by atoms with van der Waals surface area (Å²) in [4.78, 5) is 18.5. The lowest BCUT2D eigenvalue weighted by Gasteiger charge is -2.28. The molecule has 10 heteroatoms. The molecular formula is C24H26FN5O4.